The van der Waals surface area contributed by atoms with Gasteiger partial charge in [0.05, 0.1) is 12.1 Å². The fourth-order valence-electron chi connectivity index (χ4n) is 2.33. The quantitative estimate of drug-likeness (QED) is 0.713. The lowest BCUT2D eigenvalue weighted by molar-refractivity contribution is 0.105. The molecule has 0 saturated carbocycles. The Balaban J connectivity index is 2.29. The fraction of sp³-hybridized carbons (Fsp3) is 0.923. The molecule has 0 bridgehead atoms. The van der Waals surface area contributed by atoms with E-state index >= 15 is 0 Å². The van der Waals surface area contributed by atoms with Crippen LogP contribution >= 0.6 is 0 Å². The van der Waals surface area contributed by atoms with Gasteiger partial charge in [-0.2, -0.15) is 5.26 Å². The molecule has 0 aromatic rings. The van der Waals surface area contributed by atoms with E-state index in [-0.39, 0.29) is 6.04 Å². The molecule has 0 aromatic heterocycles. The molecule has 0 amide bonds. The van der Waals surface area contributed by atoms with Crippen LogP contribution < -0.4 is 0 Å². The highest BCUT2D eigenvalue weighted by Gasteiger charge is 2.21. The molecular weight excluding hydrogens is 198 g/mol. The average Bonchev–Trinajstić information content (AvgIpc) is 2.35. The molecule has 1 saturated heterocycles. The first-order valence-corrected chi connectivity index (χ1v) is 6.57. The highest BCUT2D eigenvalue weighted by atomic mass is 15.3. The molecule has 16 heavy (non-hydrogen) atoms. The predicted molar refractivity (Wildman–Crippen MR) is 67.2 cm³/mol. The molecule has 3 heteroatoms. The Kier molecular flexibility index (Phi) is 5.79. The van der Waals surface area contributed by atoms with Gasteiger partial charge in [0, 0.05) is 32.7 Å². The second kappa shape index (κ2) is 6.88. The van der Waals surface area contributed by atoms with Gasteiger partial charge in [0.15, 0.2) is 0 Å². The molecular formula is C13H25N3. The number of hydrogen-bond donors (Lipinski definition) is 0. The third-order valence-electron chi connectivity index (χ3n) is 3.81. The molecule has 0 N–H and O–H groups in total. The van der Waals surface area contributed by atoms with Crippen molar-refractivity contribution in [3.63, 3.8) is 0 Å². The zero-order valence-corrected chi connectivity index (χ0v) is 10.9. The van der Waals surface area contributed by atoms with Crippen molar-refractivity contribution in [3.05, 3.63) is 0 Å². The van der Waals surface area contributed by atoms with Crippen molar-refractivity contribution < 1.29 is 0 Å². The molecule has 0 aliphatic carbocycles. The largest absolute Gasteiger partial charge is 0.301 e. The minimum absolute atomic E-state index is 0.0790. The number of piperazine rings is 1. The lowest BCUT2D eigenvalue weighted by Crippen LogP contribution is -2.50. The van der Waals surface area contributed by atoms with E-state index in [0.717, 1.165) is 32.1 Å². The van der Waals surface area contributed by atoms with Gasteiger partial charge in [-0.05, 0) is 12.8 Å². The Morgan fingerprint density at radius 3 is 2.12 bits per heavy atom. The molecule has 1 aliphatic rings. The van der Waals surface area contributed by atoms with E-state index in [0.29, 0.717) is 0 Å². The monoisotopic (exact) mass is 223 g/mol. The van der Waals surface area contributed by atoms with Gasteiger partial charge in [0.2, 0.25) is 0 Å². The van der Waals surface area contributed by atoms with Gasteiger partial charge in [0.25, 0.3) is 0 Å². The topological polar surface area (TPSA) is 30.3 Å². The maximum absolute atomic E-state index is 8.87. The SMILES string of the molecule is CCC(CC)CN1CCN(C(C)C#N)CC1. The summed E-state index contributed by atoms with van der Waals surface area (Å²) in [5, 5.41) is 8.87. The highest BCUT2D eigenvalue weighted by Crippen LogP contribution is 2.12. The van der Waals surface area contributed by atoms with Crippen molar-refractivity contribution in [1.82, 2.24) is 9.80 Å². The van der Waals surface area contributed by atoms with Gasteiger partial charge in [0.1, 0.15) is 0 Å². The maximum Gasteiger partial charge on any atom is 0.0950 e. The summed E-state index contributed by atoms with van der Waals surface area (Å²) in [5.74, 6) is 0.847. The van der Waals surface area contributed by atoms with Crippen LogP contribution in [0.3, 0.4) is 0 Å². The first-order valence-electron chi connectivity index (χ1n) is 6.57. The van der Waals surface area contributed by atoms with Gasteiger partial charge < -0.3 is 4.90 Å². The van der Waals surface area contributed by atoms with E-state index in [2.05, 4.69) is 29.7 Å². The van der Waals surface area contributed by atoms with E-state index < -0.39 is 0 Å². The lowest BCUT2D eigenvalue weighted by atomic mass is 10.0. The van der Waals surface area contributed by atoms with Crippen molar-refractivity contribution in [2.75, 3.05) is 32.7 Å². The fourth-order valence-corrected chi connectivity index (χ4v) is 2.33. The van der Waals surface area contributed by atoms with E-state index in [4.69, 9.17) is 5.26 Å². The van der Waals surface area contributed by atoms with E-state index in [9.17, 15) is 0 Å². The summed E-state index contributed by atoms with van der Waals surface area (Å²) >= 11 is 0. The van der Waals surface area contributed by atoms with Crippen LogP contribution in [0.2, 0.25) is 0 Å². The molecule has 1 atom stereocenters. The van der Waals surface area contributed by atoms with Crippen molar-refractivity contribution in [2.45, 2.75) is 39.7 Å². The smallest absolute Gasteiger partial charge is 0.0950 e. The van der Waals surface area contributed by atoms with E-state index in [1.165, 1.54) is 19.4 Å². The first kappa shape index (κ1) is 13.5. The molecule has 1 heterocycles. The van der Waals surface area contributed by atoms with Crippen LogP contribution in [-0.2, 0) is 0 Å². The van der Waals surface area contributed by atoms with Crippen LogP contribution in [0.1, 0.15) is 33.6 Å². The summed E-state index contributed by atoms with van der Waals surface area (Å²) in [6.45, 7) is 12.2. The Morgan fingerprint density at radius 2 is 1.69 bits per heavy atom. The van der Waals surface area contributed by atoms with Crippen LogP contribution in [0.5, 0.6) is 0 Å². The summed E-state index contributed by atoms with van der Waals surface area (Å²) in [7, 11) is 0. The molecule has 92 valence electrons. The number of nitriles is 1. The van der Waals surface area contributed by atoms with Crippen molar-refractivity contribution >= 4 is 0 Å². The van der Waals surface area contributed by atoms with E-state index in [1.54, 1.807) is 0 Å². The maximum atomic E-state index is 8.87. The van der Waals surface area contributed by atoms with Crippen molar-refractivity contribution in [3.8, 4) is 6.07 Å². The van der Waals surface area contributed by atoms with Crippen molar-refractivity contribution in [1.29, 1.82) is 5.26 Å². The van der Waals surface area contributed by atoms with Crippen LogP contribution in [0, 0.1) is 17.2 Å². The van der Waals surface area contributed by atoms with Gasteiger partial charge >= 0.3 is 0 Å². The zero-order valence-electron chi connectivity index (χ0n) is 10.9. The van der Waals surface area contributed by atoms with Crippen LogP contribution in [0.4, 0.5) is 0 Å². The van der Waals surface area contributed by atoms with Crippen molar-refractivity contribution in [2.24, 2.45) is 5.92 Å². The van der Waals surface area contributed by atoms with Gasteiger partial charge in [-0.3, -0.25) is 4.90 Å². The highest BCUT2D eigenvalue weighted by molar-refractivity contribution is 4.90. The Hall–Kier alpha value is -0.590. The average molecular weight is 223 g/mol. The third kappa shape index (κ3) is 3.77. The zero-order chi connectivity index (χ0) is 12.0. The predicted octanol–water partition coefficient (Wildman–Crippen LogP) is 1.95. The minimum atomic E-state index is 0.0790. The third-order valence-corrected chi connectivity index (χ3v) is 3.81. The molecule has 3 nitrogen and oxygen atoms in total. The van der Waals surface area contributed by atoms with Gasteiger partial charge in [-0.1, -0.05) is 26.7 Å². The second-order valence-electron chi connectivity index (χ2n) is 4.82. The van der Waals surface area contributed by atoms with Gasteiger partial charge in [-0.25, -0.2) is 0 Å². The minimum Gasteiger partial charge on any atom is -0.301 e. The summed E-state index contributed by atoms with van der Waals surface area (Å²) in [4.78, 5) is 4.83. The van der Waals surface area contributed by atoms with Crippen LogP contribution in [0.25, 0.3) is 0 Å². The van der Waals surface area contributed by atoms with Gasteiger partial charge in [-0.15, -0.1) is 0 Å². The molecule has 1 aliphatic heterocycles. The molecule has 0 spiro atoms. The molecule has 0 aromatic carbocycles. The number of hydrogen-bond acceptors (Lipinski definition) is 3. The number of rotatable bonds is 5. The Morgan fingerprint density at radius 1 is 1.12 bits per heavy atom. The van der Waals surface area contributed by atoms with Crippen LogP contribution in [-0.4, -0.2) is 48.6 Å². The Bertz CT molecular complexity index is 222. The summed E-state index contributed by atoms with van der Waals surface area (Å²) in [5.41, 5.74) is 0. The normalized spacial score (nSPS) is 20.9. The molecule has 0 radical (unpaired) electrons. The standard InChI is InChI=1S/C13H25N3/c1-4-13(5-2)11-15-6-8-16(9-7-15)12(3)10-14/h12-13H,4-9,11H2,1-3H3. The summed E-state index contributed by atoms with van der Waals surface area (Å²) in [6, 6.07) is 2.40. The lowest BCUT2D eigenvalue weighted by Gasteiger charge is -2.37. The van der Waals surface area contributed by atoms with E-state index in [1.807, 2.05) is 6.92 Å². The second-order valence-corrected chi connectivity index (χ2v) is 4.82. The molecule has 1 unspecified atom stereocenters. The summed E-state index contributed by atoms with van der Waals surface area (Å²) in [6.07, 6.45) is 2.57. The Labute approximate surface area is 100 Å². The number of nitrogens with zero attached hydrogens (tertiary/aromatic N) is 3. The summed E-state index contributed by atoms with van der Waals surface area (Å²) < 4.78 is 0. The van der Waals surface area contributed by atoms with Crippen LogP contribution in [0.15, 0.2) is 0 Å². The first-order chi connectivity index (χ1) is 7.71. The molecule has 1 rings (SSSR count). The molecule has 1 fully saturated rings.